The third-order valence-electron chi connectivity index (χ3n) is 3.70. The Morgan fingerprint density at radius 2 is 2.00 bits per heavy atom. The van der Waals surface area contributed by atoms with Crippen molar-refractivity contribution in [1.29, 1.82) is 0 Å². The molecule has 0 unspecified atom stereocenters. The quantitative estimate of drug-likeness (QED) is 0.869. The van der Waals surface area contributed by atoms with Crippen LogP contribution in [0.25, 0.3) is 0 Å². The van der Waals surface area contributed by atoms with Gasteiger partial charge in [0, 0.05) is 25.3 Å². The highest BCUT2D eigenvalue weighted by molar-refractivity contribution is 5.85. The Hall–Kier alpha value is -0.970. The van der Waals surface area contributed by atoms with Gasteiger partial charge in [-0.1, -0.05) is 19.1 Å². The topological polar surface area (TPSA) is 52.6 Å². The molecule has 21 heavy (non-hydrogen) atoms. The molecule has 2 N–H and O–H groups in total. The van der Waals surface area contributed by atoms with E-state index in [2.05, 4.69) is 41.4 Å². The average Bonchev–Trinajstić information content (AvgIpc) is 2.45. The fourth-order valence-corrected chi connectivity index (χ4v) is 2.52. The molecule has 1 aliphatic heterocycles. The Morgan fingerprint density at radius 3 is 2.57 bits per heavy atom. The molecular formula is C15H24Cl2N2O2. The van der Waals surface area contributed by atoms with Gasteiger partial charge >= 0.3 is 5.97 Å². The minimum Gasteiger partial charge on any atom is -0.481 e. The van der Waals surface area contributed by atoms with Gasteiger partial charge in [-0.15, -0.1) is 24.8 Å². The van der Waals surface area contributed by atoms with Gasteiger partial charge in [0.2, 0.25) is 0 Å². The Kier molecular flexibility index (Phi) is 9.42. The summed E-state index contributed by atoms with van der Waals surface area (Å²) in [6.07, 6.45) is 1.49. The van der Waals surface area contributed by atoms with E-state index in [0.29, 0.717) is 0 Å². The number of aliphatic carboxylic acids is 1. The molecule has 4 nitrogen and oxygen atoms in total. The number of carbonyl (C=O) groups is 1. The summed E-state index contributed by atoms with van der Waals surface area (Å²) in [5.41, 5.74) is 2.49. The van der Waals surface area contributed by atoms with E-state index in [1.165, 1.54) is 11.3 Å². The number of rotatable bonds is 5. The Balaban J connectivity index is 0.00000200. The van der Waals surface area contributed by atoms with Crippen molar-refractivity contribution in [3.63, 3.8) is 0 Å². The molecule has 1 aromatic carbocycles. The van der Waals surface area contributed by atoms with E-state index in [4.69, 9.17) is 5.11 Å². The van der Waals surface area contributed by atoms with E-state index in [1.807, 2.05) is 0 Å². The number of carboxylic acid groups (broad SMARTS) is 1. The summed E-state index contributed by atoms with van der Waals surface area (Å²) in [6, 6.07) is 8.50. The maximum atomic E-state index is 10.9. The van der Waals surface area contributed by atoms with E-state index < -0.39 is 5.97 Å². The van der Waals surface area contributed by atoms with Crippen LogP contribution in [0.2, 0.25) is 0 Å². The number of halogens is 2. The van der Waals surface area contributed by atoms with Gasteiger partial charge in [0.1, 0.15) is 0 Å². The highest BCUT2D eigenvalue weighted by Crippen LogP contribution is 2.24. The second kappa shape index (κ2) is 9.87. The zero-order chi connectivity index (χ0) is 13.7. The normalized spacial score (nSPS) is 15.0. The summed E-state index contributed by atoms with van der Waals surface area (Å²) < 4.78 is 0. The van der Waals surface area contributed by atoms with Crippen LogP contribution in [0.1, 0.15) is 25.3 Å². The monoisotopic (exact) mass is 334 g/mol. The van der Waals surface area contributed by atoms with Crippen LogP contribution in [0.4, 0.5) is 5.69 Å². The minimum absolute atomic E-state index is 0. The number of anilines is 1. The average molecular weight is 335 g/mol. The highest BCUT2D eigenvalue weighted by atomic mass is 35.5. The van der Waals surface area contributed by atoms with Crippen molar-refractivity contribution in [2.75, 3.05) is 24.5 Å². The molecule has 1 aliphatic rings. The van der Waals surface area contributed by atoms with Crippen molar-refractivity contribution in [2.24, 2.45) is 5.92 Å². The van der Waals surface area contributed by atoms with Gasteiger partial charge in [0.25, 0.3) is 0 Å². The van der Waals surface area contributed by atoms with Gasteiger partial charge in [-0.25, -0.2) is 0 Å². The van der Waals surface area contributed by atoms with Crippen molar-refractivity contribution < 1.29 is 9.90 Å². The molecule has 0 bridgehead atoms. The van der Waals surface area contributed by atoms with Gasteiger partial charge < -0.3 is 15.3 Å². The molecule has 0 saturated carbocycles. The molecule has 0 spiro atoms. The smallest absolute Gasteiger partial charge is 0.306 e. The van der Waals surface area contributed by atoms with Crippen LogP contribution in [0.5, 0.6) is 0 Å². The standard InChI is InChI=1S/C15H22N2O2.2ClH/c1-2-16-11-12-4-3-5-14(10-12)17-8-6-13(7-9-17)15(18)19;;/h3-5,10,13,16H,2,6-9,11H2,1H3,(H,18,19);2*1H. The number of carboxylic acids is 1. The fourth-order valence-electron chi connectivity index (χ4n) is 2.52. The number of nitrogens with one attached hydrogen (secondary N) is 1. The minimum atomic E-state index is -0.652. The first-order valence-corrected chi connectivity index (χ1v) is 6.98. The fraction of sp³-hybridized carbons (Fsp3) is 0.533. The molecule has 0 aliphatic carbocycles. The van der Waals surface area contributed by atoms with Crippen molar-refractivity contribution in [2.45, 2.75) is 26.3 Å². The maximum Gasteiger partial charge on any atom is 0.306 e. The first kappa shape index (κ1) is 20.0. The number of hydrogen-bond acceptors (Lipinski definition) is 3. The lowest BCUT2D eigenvalue weighted by atomic mass is 9.96. The van der Waals surface area contributed by atoms with Crippen LogP contribution in [0, 0.1) is 5.92 Å². The molecule has 0 amide bonds. The summed E-state index contributed by atoms with van der Waals surface area (Å²) in [7, 11) is 0. The van der Waals surface area contributed by atoms with Crippen LogP contribution >= 0.6 is 24.8 Å². The molecule has 1 aromatic rings. The van der Waals surface area contributed by atoms with E-state index in [1.54, 1.807) is 0 Å². The van der Waals surface area contributed by atoms with Crippen LogP contribution in [0.15, 0.2) is 24.3 Å². The van der Waals surface area contributed by atoms with Crippen molar-refractivity contribution >= 4 is 36.5 Å². The predicted molar refractivity (Wildman–Crippen MR) is 90.9 cm³/mol. The van der Waals surface area contributed by atoms with Crippen LogP contribution in [-0.2, 0) is 11.3 Å². The summed E-state index contributed by atoms with van der Waals surface area (Å²) in [5, 5.41) is 12.3. The molecule has 1 saturated heterocycles. The van der Waals surface area contributed by atoms with Crippen molar-refractivity contribution in [1.82, 2.24) is 5.32 Å². The van der Waals surface area contributed by atoms with Gasteiger partial charge in [0.15, 0.2) is 0 Å². The molecule has 1 fully saturated rings. The summed E-state index contributed by atoms with van der Waals surface area (Å²) in [5.74, 6) is -0.818. The second-order valence-electron chi connectivity index (χ2n) is 5.05. The van der Waals surface area contributed by atoms with E-state index in [9.17, 15) is 4.79 Å². The highest BCUT2D eigenvalue weighted by Gasteiger charge is 2.24. The lowest BCUT2D eigenvalue weighted by molar-refractivity contribution is -0.142. The van der Waals surface area contributed by atoms with E-state index >= 15 is 0 Å². The Labute approximate surface area is 138 Å². The predicted octanol–water partition coefficient (Wildman–Crippen LogP) is 2.94. The Morgan fingerprint density at radius 1 is 1.33 bits per heavy atom. The van der Waals surface area contributed by atoms with Gasteiger partial charge in [-0.3, -0.25) is 4.79 Å². The first-order valence-electron chi connectivity index (χ1n) is 6.98. The number of hydrogen-bond donors (Lipinski definition) is 2. The van der Waals surface area contributed by atoms with Crippen LogP contribution in [0.3, 0.4) is 0 Å². The van der Waals surface area contributed by atoms with Gasteiger partial charge in [-0.05, 0) is 37.1 Å². The molecule has 0 atom stereocenters. The molecule has 2 rings (SSSR count). The summed E-state index contributed by atoms with van der Waals surface area (Å²) in [4.78, 5) is 13.2. The third kappa shape index (κ3) is 5.73. The van der Waals surface area contributed by atoms with Gasteiger partial charge in [0.05, 0.1) is 5.92 Å². The third-order valence-corrected chi connectivity index (χ3v) is 3.70. The van der Waals surface area contributed by atoms with Gasteiger partial charge in [-0.2, -0.15) is 0 Å². The molecule has 6 heteroatoms. The van der Waals surface area contributed by atoms with Crippen LogP contribution < -0.4 is 10.2 Å². The molecule has 0 radical (unpaired) electrons. The van der Waals surface area contributed by atoms with E-state index in [-0.39, 0.29) is 30.7 Å². The lowest BCUT2D eigenvalue weighted by Gasteiger charge is -2.32. The largest absolute Gasteiger partial charge is 0.481 e. The molecular weight excluding hydrogens is 311 g/mol. The molecule has 120 valence electrons. The zero-order valence-electron chi connectivity index (χ0n) is 12.2. The number of nitrogens with zero attached hydrogens (tertiary/aromatic N) is 1. The zero-order valence-corrected chi connectivity index (χ0v) is 13.9. The number of benzene rings is 1. The summed E-state index contributed by atoms with van der Waals surface area (Å²) in [6.45, 7) is 5.62. The number of piperidine rings is 1. The molecule has 0 aromatic heterocycles. The lowest BCUT2D eigenvalue weighted by Crippen LogP contribution is -2.36. The Bertz CT molecular complexity index is 435. The maximum absolute atomic E-state index is 10.9. The SMILES string of the molecule is CCNCc1cccc(N2CCC(C(=O)O)CC2)c1.Cl.Cl. The van der Waals surface area contributed by atoms with Crippen molar-refractivity contribution in [3.8, 4) is 0 Å². The van der Waals surface area contributed by atoms with Crippen LogP contribution in [-0.4, -0.2) is 30.7 Å². The second-order valence-corrected chi connectivity index (χ2v) is 5.05. The first-order chi connectivity index (χ1) is 9.20. The van der Waals surface area contributed by atoms with Crippen molar-refractivity contribution in [3.05, 3.63) is 29.8 Å². The summed E-state index contributed by atoms with van der Waals surface area (Å²) >= 11 is 0. The van der Waals surface area contributed by atoms with E-state index in [0.717, 1.165) is 39.0 Å². The molecule has 1 heterocycles.